The molecule has 2 heterocycles. The third kappa shape index (κ3) is 4.59. The molecule has 1 aromatic heterocycles. The van der Waals surface area contributed by atoms with Crippen molar-refractivity contribution in [2.24, 2.45) is 0 Å². The van der Waals surface area contributed by atoms with Gasteiger partial charge in [0.05, 0.1) is 6.26 Å². The molecule has 0 aliphatic carbocycles. The fourth-order valence-corrected chi connectivity index (χ4v) is 2.68. The molecule has 6 nitrogen and oxygen atoms in total. The van der Waals surface area contributed by atoms with Crippen LogP contribution in [0, 0.1) is 0 Å². The van der Waals surface area contributed by atoms with E-state index in [9.17, 15) is 9.59 Å². The highest BCUT2D eigenvalue weighted by Crippen LogP contribution is 2.10. The van der Waals surface area contributed by atoms with Crippen LogP contribution in [0.4, 0.5) is 0 Å². The van der Waals surface area contributed by atoms with Gasteiger partial charge in [-0.1, -0.05) is 6.92 Å². The van der Waals surface area contributed by atoms with Crippen molar-refractivity contribution < 1.29 is 14.0 Å². The summed E-state index contributed by atoms with van der Waals surface area (Å²) in [6.07, 6.45) is 4.52. The van der Waals surface area contributed by atoms with Gasteiger partial charge in [0.1, 0.15) is 6.04 Å². The number of hydrogen-bond acceptors (Lipinski definition) is 4. The molecule has 0 bridgehead atoms. The molecule has 0 aromatic carbocycles. The van der Waals surface area contributed by atoms with Gasteiger partial charge in [0.2, 0.25) is 5.91 Å². The van der Waals surface area contributed by atoms with E-state index in [-0.39, 0.29) is 23.6 Å². The van der Waals surface area contributed by atoms with Gasteiger partial charge < -0.3 is 20.0 Å². The molecule has 1 saturated heterocycles. The largest absolute Gasteiger partial charge is 0.459 e. The van der Waals surface area contributed by atoms with Crippen molar-refractivity contribution in [3.63, 3.8) is 0 Å². The zero-order valence-corrected chi connectivity index (χ0v) is 13.3. The van der Waals surface area contributed by atoms with Gasteiger partial charge in [0.15, 0.2) is 5.76 Å². The molecule has 1 aromatic rings. The number of furan rings is 1. The van der Waals surface area contributed by atoms with Gasteiger partial charge in [0, 0.05) is 19.1 Å². The van der Waals surface area contributed by atoms with E-state index in [0.717, 1.165) is 38.9 Å². The normalized spacial score (nSPS) is 17.9. The summed E-state index contributed by atoms with van der Waals surface area (Å²) in [5, 5.41) is 5.67. The van der Waals surface area contributed by atoms with Gasteiger partial charge in [0.25, 0.3) is 5.91 Å². The predicted molar refractivity (Wildman–Crippen MR) is 83.5 cm³/mol. The van der Waals surface area contributed by atoms with Crippen LogP contribution < -0.4 is 10.6 Å². The van der Waals surface area contributed by atoms with Crippen molar-refractivity contribution in [1.29, 1.82) is 0 Å². The van der Waals surface area contributed by atoms with Gasteiger partial charge in [-0.15, -0.1) is 0 Å². The molecule has 6 heteroatoms. The van der Waals surface area contributed by atoms with E-state index in [1.807, 2.05) is 0 Å². The number of nitrogens with one attached hydrogen (secondary N) is 2. The summed E-state index contributed by atoms with van der Waals surface area (Å²) in [6.45, 7) is 7.02. The van der Waals surface area contributed by atoms with Crippen LogP contribution in [0.3, 0.4) is 0 Å². The van der Waals surface area contributed by atoms with E-state index < -0.39 is 6.04 Å². The third-order valence-electron chi connectivity index (χ3n) is 3.96. The van der Waals surface area contributed by atoms with Crippen LogP contribution in [0.2, 0.25) is 0 Å². The lowest BCUT2D eigenvalue weighted by Gasteiger charge is -2.32. The zero-order valence-electron chi connectivity index (χ0n) is 13.3. The number of nitrogens with zero attached hydrogens (tertiary/aromatic N) is 1. The van der Waals surface area contributed by atoms with Crippen molar-refractivity contribution in [2.45, 2.75) is 45.2 Å². The van der Waals surface area contributed by atoms with Crippen LogP contribution in [-0.4, -0.2) is 48.4 Å². The van der Waals surface area contributed by atoms with Crippen LogP contribution >= 0.6 is 0 Å². The highest BCUT2D eigenvalue weighted by atomic mass is 16.3. The van der Waals surface area contributed by atoms with Crippen LogP contribution in [-0.2, 0) is 4.79 Å². The van der Waals surface area contributed by atoms with Crippen molar-refractivity contribution >= 4 is 11.8 Å². The average Bonchev–Trinajstić information content (AvgIpc) is 3.04. The molecule has 2 rings (SSSR count). The minimum absolute atomic E-state index is 0.145. The molecule has 1 atom stereocenters. The molecule has 0 radical (unpaired) electrons. The topological polar surface area (TPSA) is 74.6 Å². The maximum Gasteiger partial charge on any atom is 0.287 e. The molecule has 122 valence electrons. The second-order valence-electron chi connectivity index (χ2n) is 5.80. The van der Waals surface area contributed by atoms with Gasteiger partial charge in [-0.05, 0) is 44.9 Å². The van der Waals surface area contributed by atoms with Crippen LogP contribution in [0.1, 0.15) is 43.7 Å². The zero-order chi connectivity index (χ0) is 15.9. The van der Waals surface area contributed by atoms with Crippen molar-refractivity contribution in [3.05, 3.63) is 24.2 Å². The van der Waals surface area contributed by atoms with E-state index in [1.54, 1.807) is 19.1 Å². The summed E-state index contributed by atoms with van der Waals surface area (Å²) < 4.78 is 5.01. The number of carbonyl (C=O) groups is 2. The van der Waals surface area contributed by atoms with E-state index in [0.29, 0.717) is 0 Å². The van der Waals surface area contributed by atoms with E-state index >= 15 is 0 Å². The van der Waals surface area contributed by atoms with E-state index in [2.05, 4.69) is 22.5 Å². The minimum atomic E-state index is -0.578. The molecule has 0 saturated carbocycles. The lowest BCUT2D eigenvalue weighted by Crippen LogP contribution is -2.51. The van der Waals surface area contributed by atoms with Gasteiger partial charge >= 0.3 is 0 Å². The Hall–Kier alpha value is -1.82. The maximum atomic E-state index is 12.2. The molecular formula is C16H25N3O3. The number of hydrogen-bond donors (Lipinski definition) is 2. The molecule has 1 fully saturated rings. The first kappa shape index (κ1) is 16.5. The summed E-state index contributed by atoms with van der Waals surface area (Å²) in [4.78, 5) is 26.4. The van der Waals surface area contributed by atoms with Crippen LogP contribution in [0.25, 0.3) is 0 Å². The number of piperidine rings is 1. The molecule has 2 N–H and O–H groups in total. The van der Waals surface area contributed by atoms with Crippen molar-refractivity contribution in [2.75, 3.05) is 19.6 Å². The summed E-state index contributed by atoms with van der Waals surface area (Å²) in [5.41, 5.74) is 0. The van der Waals surface area contributed by atoms with Crippen molar-refractivity contribution in [3.8, 4) is 0 Å². The van der Waals surface area contributed by atoms with E-state index in [1.165, 1.54) is 6.26 Å². The van der Waals surface area contributed by atoms with Gasteiger partial charge in [-0.25, -0.2) is 0 Å². The number of amides is 2. The number of rotatable bonds is 6. The average molecular weight is 307 g/mol. The molecule has 2 amide bonds. The Balaban J connectivity index is 1.74. The highest BCUT2D eigenvalue weighted by molar-refractivity contribution is 5.95. The second kappa shape index (κ2) is 7.98. The smallest absolute Gasteiger partial charge is 0.287 e. The lowest BCUT2D eigenvalue weighted by atomic mass is 10.0. The first-order chi connectivity index (χ1) is 10.6. The maximum absolute atomic E-state index is 12.2. The summed E-state index contributed by atoms with van der Waals surface area (Å²) in [7, 11) is 0. The molecular weight excluding hydrogens is 282 g/mol. The SMILES string of the molecule is CCCN1CCC(NC(=O)C(C)NC(=O)c2ccco2)CC1. The molecule has 22 heavy (non-hydrogen) atoms. The minimum Gasteiger partial charge on any atom is -0.459 e. The first-order valence-electron chi connectivity index (χ1n) is 7.97. The molecule has 0 spiro atoms. The molecule has 1 aliphatic heterocycles. The van der Waals surface area contributed by atoms with Gasteiger partial charge in [-0.2, -0.15) is 0 Å². The summed E-state index contributed by atoms with van der Waals surface area (Å²) in [6, 6.07) is 2.84. The van der Waals surface area contributed by atoms with E-state index in [4.69, 9.17) is 4.42 Å². The third-order valence-corrected chi connectivity index (χ3v) is 3.96. The standard InChI is InChI=1S/C16H25N3O3/c1-3-8-19-9-6-13(7-10-19)18-15(20)12(2)17-16(21)14-5-4-11-22-14/h4-5,11-13H,3,6-10H2,1-2H3,(H,17,21)(H,18,20). The quantitative estimate of drug-likeness (QED) is 0.833. The Morgan fingerprint density at radius 1 is 1.41 bits per heavy atom. The Labute approximate surface area is 131 Å². The summed E-state index contributed by atoms with van der Waals surface area (Å²) in [5.74, 6) is -0.299. The number of likely N-dealkylation sites (tertiary alicyclic amines) is 1. The monoisotopic (exact) mass is 307 g/mol. The summed E-state index contributed by atoms with van der Waals surface area (Å²) >= 11 is 0. The van der Waals surface area contributed by atoms with Crippen molar-refractivity contribution in [1.82, 2.24) is 15.5 Å². The van der Waals surface area contributed by atoms with Gasteiger partial charge in [-0.3, -0.25) is 9.59 Å². The molecule has 1 aliphatic rings. The first-order valence-corrected chi connectivity index (χ1v) is 7.97. The fourth-order valence-electron chi connectivity index (χ4n) is 2.68. The predicted octanol–water partition coefficient (Wildman–Crippen LogP) is 1.39. The molecule has 1 unspecified atom stereocenters. The number of carbonyl (C=O) groups excluding carboxylic acids is 2. The Morgan fingerprint density at radius 2 is 2.14 bits per heavy atom. The van der Waals surface area contributed by atoms with Crippen LogP contribution in [0.15, 0.2) is 22.8 Å². The lowest BCUT2D eigenvalue weighted by molar-refractivity contribution is -0.123. The second-order valence-corrected chi connectivity index (χ2v) is 5.80. The highest BCUT2D eigenvalue weighted by Gasteiger charge is 2.23. The fraction of sp³-hybridized carbons (Fsp3) is 0.625. The Morgan fingerprint density at radius 3 is 2.73 bits per heavy atom. The Kier molecular flexibility index (Phi) is 6.00. The Bertz CT molecular complexity index is 479. The van der Waals surface area contributed by atoms with Crippen LogP contribution in [0.5, 0.6) is 0 Å².